The van der Waals surface area contributed by atoms with Gasteiger partial charge in [-0.2, -0.15) is 5.10 Å². The largest absolute Gasteiger partial charge is 0.493 e. The molecule has 0 fully saturated rings. The number of amides is 1. The van der Waals surface area contributed by atoms with E-state index in [1.165, 1.54) is 24.4 Å². The van der Waals surface area contributed by atoms with Crippen molar-refractivity contribution in [2.75, 3.05) is 11.3 Å². The molecule has 1 aromatic heterocycles. The van der Waals surface area contributed by atoms with E-state index in [2.05, 4.69) is 9.82 Å². The second kappa shape index (κ2) is 8.13. The summed E-state index contributed by atoms with van der Waals surface area (Å²) in [6.07, 6.45) is 3.01. The van der Waals surface area contributed by atoms with E-state index in [1.807, 2.05) is 30.3 Å². The van der Waals surface area contributed by atoms with E-state index < -0.39 is 15.9 Å². The second-order valence-electron chi connectivity index (χ2n) is 5.97. The van der Waals surface area contributed by atoms with Gasteiger partial charge < -0.3 is 10.5 Å². The fraction of sp³-hybridized carbons (Fsp3) is 0.158. The van der Waals surface area contributed by atoms with Crippen LogP contribution in [0.3, 0.4) is 0 Å². The highest BCUT2D eigenvalue weighted by atomic mass is 32.2. The maximum absolute atomic E-state index is 12.7. The number of nitrogens with two attached hydrogens (primary N) is 1. The van der Waals surface area contributed by atoms with E-state index in [0.29, 0.717) is 18.8 Å². The average Bonchev–Trinajstić information content (AvgIpc) is 3.09. The predicted octanol–water partition coefficient (Wildman–Crippen LogP) is 2.23. The molecule has 0 unspecified atom stereocenters. The van der Waals surface area contributed by atoms with Crippen LogP contribution in [-0.2, 0) is 16.6 Å². The molecule has 3 aromatic rings. The Balaban J connectivity index is 1.80. The zero-order valence-corrected chi connectivity index (χ0v) is 16.0. The van der Waals surface area contributed by atoms with Crippen molar-refractivity contribution in [2.45, 2.75) is 18.4 Å². The standard InChI is InChI=1S/C19H20N4O4S/c1-2-27-18-9-8-16(10-17(18)19(20)24)28(25,26)22-15-11-21-23(13-15)12-14-6-4-3-5-7-14/h3-11,13,22H,2,12H2,1H3,(H2,20,24). The van der Waals surface area contributed by atoms with Crippen LogP contribution in [0.15, 0.2) is 65.8 Å². The Hall–Kier alpha value is -3.33. The molecule has 0 atom stereocenters. The number of benzene rings is 2. The Morgan fingerprint density at radius 3 is 2.64 bits per heavy atom. The predicted molar refractivity (Wildman–Crippen MR) is 105 cm³/mol. The Morgan fingerprint density at radius 1 is 1.21 bits per heavy atom. The van der Waals surface area contributed by atoms with Crippen LogP contribution < -0.4 is 15.2 Å². The highest BCUT2D eigenvalue weighted by Crippen LogP contribution is 2.24. The van der Waals surface area contributed by atoms with Crippen LogP contribution in [-0.4, -0.2) is 30.7 Å². The number of anilines is 1. The van der Waals surface area contributed by atoms with Crippen LogP contribution in [0.25, 0.3) is 0 Å². The van der Waals surface area contributed by atoms with Crippen molar-refractivity contribution in [3.05, 3.63) is 72.1 Å². The maximum Gasteiger partial charge on any atom is 0.262 e. The molecule has 9 heteroatoms. The number of aromatic nitrogens is 2. The zero-order chi connectivity index (χ0) is 20.1. The minimum atomic E-state index is -3.93. The lowest BCUT2D eigenvalue weighted by Crippen LogP contribution is -2.17. The van der Waals surface area contributed by atoms with Gasteiger partial charge in [-0.05, 0) is 30.7 Å². The Morgan fingerprint density at radius 2 is 1.96 bits per heavy atom. The van der Waals surface area contributed by atoms with E-state index >= 15 is 0 Å². The lowest BCUT2D eigenvalue weighted by atomic mass is 10.2. The molecule has 146 valence electrons. The molecule has 8 nitrogen and oxygen atoms in total. The Kier molecular flexibility index (Phi) is 5.65. The van der Waals surface area contributed by atoms with Gasteiger partial charge in [-0.1, -0.05) is 30.3 Å². The van der Waals surface area contributed by atoms with E-state index in [4.69, 9.17) is 10.5 Å². The van der Waals surface area contributed by atoms with Gasteiger partial charge in [0.15, 0.2) is 0 Å². The maximum atomic E-state index is 12.7. The van der Waals surface area contributed by atoms with Crippen molar-refractivity contribution < 1.29 is 17.9 Å². The van der Waals surface area contributed by atoms with Gasteiger partial charge in [-0.3, -0.25) is 14.2 Å². The normalized spacial score (nSPS) is 11.2. The van der Waals surface area contributed by atoms with Gasteiger partial charge in [0.05, 0.1) is 35.5 Å². The Labute approximate surface area is 163 Å². The van der Waals surface area contributed by atoms with Gasteiger partial charge >= 0.3 is 0 Å². The number of hydrogen-bond acceptors (Lipinski definition) is 5. The molecular weight excluding hydrogens is 380 g/mol. The first kappa shape index (κ1) is 19.4. The van der Waals surface area contributed by atoms with Crippen molar-refractivity contribution in [3.8, 4) is 5.75 Å². The summed E-state index contributed by atoms with van der Waals surface area (Å²) >= 11 is 0. The van der Waals surface area contributed by atoms with Gasteiger partial charge in [-0.25, -0.2) is 8.42 Å². The van der Waals surface area contributed by atoms with Crippen LogP contribution in [0.5, 0.6) is 5.75 Å². The van der Waals surface area contributed by atoms with Crippen LogP contribution in [0, 0.1) is 0 Å². The summed E-state index contributed by atoms with van der Waals surface area (Å²) in [5.74, 6) is -0.527. The molecule has 3 N–H and O–H groups in total. The summed E-state index contributed by atoms with van der Waals surface area (Å²) in [7, 11) is -3.93. The van der Waals surface area contributed by atoms with E-state index in [-0.39, 0.29) is 16.2 Å². The van der Waals surface area contributed by atoms with Gasteiger partial charge in [0.25, 0.3) is 15.9 Å². The Bertz CT molecular complexity index is 1080. The van der Waals surface area contributed by atoms with Crippen LogP contribution in [0.1, 0.15) is 22.8 Å². The molecule has 0 radical (unpaired) electrons. The first-order valence-electron chi connectivity index (χ1n) is 8.55. The minimum absolute atomic E-state index is 0.00416. The number of carbonyl (C=O) groups excluding carboxylic acids is 1. The van der Waals surface area contributed by atoms with Crippen molar-refractivity contribution in [1.29, 1.82) is 0 Å². The van der Waals surface area contributed by atoms with Crippen molar-refractivity contribution in [3.63, 3.8) is 0 Å². The average molecular weight is 400 g/mol. The third-order valence-corrected chi connectivity index (χ3v) is 5.28. The molecule has 0 spiro atoms. The molecule has 0 aliphatic rings. The van der Waals surface area contributed by atoms with Crippen LogP contribution in [0.2, 0.25) is 0 Å². The number of primary amides is 1. The van der Waals surface area contributed by atoms with Gasteiger partial charge in [0.2, 0.25) is 0 Å². The van der Waals surface area contributed by atoms with E-state index in [9.17, 15) is 13.2 Å². The fourth-order valence-electron chi connectivity index (χ4n) is 2.64. The molecule has 0 saturated heterocycles. The summed E-state index contributed by atoms with van der Waals surface area (Å²) in [5, 5.41) is 4.17. The van der Waals surface area contributed by atoms with Gasteiger partial charge in [0, 0.05) is 6.20 Å². The summed E-state index contributed by atoms with van der Waals surface area (Å²) in [5.41, 5.74) is 6.69. The topological polar surface area (TPSA) is 116 Å². The lowest BCUT2D eigenvalue weighted by molar-refractivity contribution is 0.0996. The van der Waals surface area contributed by atoms with Crippen molar-refractivity contribution in [2.24, 2.45) is 5.73 Å². The summed E-state index contributed by atoms with van der Waals surface area (Å²) in [6.45, 7) is 2.59. The molecule has 0 saturated carbocycles. The monoisotopic (exact) mass is 400 g/mol. The van der Waals surface area contributed by atoms with E-state index in [0.717, 1.165) is 5.56 Å². The number of rotatable bonds is 8. The number of ether oxygens (including phenoxy) is 1. The molecule has 2 aromatic carbocycles. The first-order valence-corrected chi connectivity index (χ1v) is 10.0. The smallest absolute Gasteiger partial charge is 0.262 e. The highest BCUT2D eigenvalue weighted by Gasteiger charge is 2.19. The second-order valence-corrected chi connectivity index (χ2v) is 7.66. The molecular formula is C19H20N4O4S. The number of hydrogen-bond donors (Lipinski definition) is 2. The number of carbonyl (C=O) groups is 1. The molecule has 0 aliphatic carbocycles. The summed E-state index contributed by atoms with van der Waals surface area (Å²) in [4.78, 5) is 11.5. The van der Waals surface area contributed by atoms with Gasteiger partial charge in [-0.15, -0.1) is 0 Å². The molecule has 3 rings (SSSR count). The number of nitrogens with zero attached hydrogens (tertiary/aromatic N) is 2. The molecule has 0 bridgehead atoms. The quantitative estimate of drug-likeness (QED) is 0.601. The van der Waals surface area contributed by atoms with Crippen molar-refractivity contribution >= 4 is 21.6 Å². The minimum Gasteiger partial charge on any atom is -0.493 e. The molecule has 28 heavy (non-hydrogen) atoms. The molecule has 0 aliphatic heterocycles. The third kappa shape index (κ3) is 4.49. The highest BCUT2D eigenvalue weighted by molar-refractivity contribution is 7.92. The fourth-order valence-corrected chi connectivity index (χ4v) is 3.69. The first-order chi connectivity index (χ1) is 13.4. The summed E-state index contributed by atoms with van der Waals surface area (Å²) in [6, 6.07) is 13.6. The van der Waals surface area contributed by atoms with Crippen LogP contribution in [0.4, 0.5) is 5.69 Å². The van der Waals surface area contributed by atoms with Crippen LogP contribution >= 0.6 is 0 Å². The molecule has 1 heterocycles. The third-order valence-electron chi connectivity index (χ3n) is 3.90. The van der Waals surface area contributed by atoms with Crippen molar-refractivity contribution in [1.82, 2.24) is 9.78 Å². The molecule has 1 amide bonds. The van der Waals surface area contributed by atoms with E-state index in [1.54, 1.807) is 17.8 Å². The van der Waals surface area contributed by atoms with Gasteiger partial charge in [0.1, 0.15) is 5.75 Å². The number of sulfonamides is 1. The summed E-state index contributed by atoms with van der Waals surface area (Å²) < 4.78 is 34.7. The number of nitrogens with one attached hydrogen (secondary N) is 1. The SMILES string of the molecule is CCOc1ccc(S(=O)(=O)Nc2cnn(Cc3ccccc3)c2)cc1C(N)=O. The lowest BCUT2D eigenvalue weighted by Gasteiger charge is -2.11. The zero-order valence-electron chi connectivity index (χ0n) is 15.2.